The number of methoxy groups -OCH3 is 2. The molecule has 1 heterocycles. The summed E-state index contributed by atoms with van der Waals surface area (Å²) in [7, 11) is 3.10. The maximum atomic E-state index is 10.8. The quantitative estimate of drug-likeness (QED) is 0.793. The topological polar surface area (TPSA) is 71.0 Å². The Kier molecular flexibility index (Phi) is 3.21. The van der Waals surface area contributed by atoms with Crippen molar-refractivity contribution in [1.29, 1.82) is 0 Å². The molecule has 1 aliphatic heterocycles. The molecule has 23 heavy (non-hydrogen) atoms. The minimum absolute atomic E-state index is 0.112. The molecule has 4 rings (SSSR count). The molecule has 3 N–H and O–H groups in total. The highest BCUT2D eigenvalue weighted by Gasteiger charge is 2.40. The van der Waals surface area contributed by atoms with Gasteiger partial charge < -0.3 is 25.0 Å². The number of aliphatic hydroxyl groups is 1. The van der Waals surface area contributed by atoms with Crippen LogP contribution in [0.15, 0.2) is 24.3 Å². The van der Waals surface area contributed by atoms with Crippen LogP contribution in [0.2, 0.25) is 0 Å². The summed E-state index contributed by atoms with van der Waals surface area (Å²) in [5, 5.41) is 24.8. The molecule has 120 valence electrons. The van der Waals surface area contributed by atoms with Gasteiger partial charge in [0.1, 0.15) is 0 Å². The molecule has 0 saturated heterocycles. The fourth-order valence-corrected chi connectivity index (χ4v) is 3.89. The average molecular weight is 313 g/mol. The molecule has 0 spiro atoms. The largest absolute Gasteiger partial charge is 0.504 e. The number of phenols is 1. The second kappa shape index (κ2) is 5.15. The van der Waals surface area contributed by atoms with Crippen LogP contribution in [0.3, 0.4) is 0 Å². The SMILES string of the molecule is COc1c(O)c2c3c(c1OC)-c1ccccc1[C@H](O)[C@H]3NCC2. The third kappa shape index (κ3) is 1.81. The molecule has 1 aliphatic carbocycles. The summed E-state index contributed by atoms with van der Waals surface area (Å²) in [5.74, 6) is 0.978. The fraction of sp³-hybridized carbons (Fsp3) is 0.333. The summed E-state index contributed by atoms with van der Waals surface area (Å²) in [6.45, 7) is 0.694. The van der Waals surface area contributed by atoms with Crippen molar-refractivity contribution in [3.8, 4) is 28.4 Å². The number of nitrogens with one attached hydrogen (secondary N) is 1. The van der Waals surface area contributed by atoms with Crippen molar-refractivity contribution >= 4 is 0 Å². The van der Waals surface area contributed by atoms with Gasteiger partial charge in [0.15, 0.2) is 11.5 Å². The Labute approximate surface area is 134 Å². The van der Waals surface area contributed by atoms with E-state index in [0.29, 0.717) is 24.5 Å². The van der Waals surface area contributed by atoms with Crippen molar-refractivity contribution in [2.24, 2.45) is 0 Å². The summed E-state index contributed by atoms with van der Waals surface area (Å²) in [4.78, 5) is 0. The maximum absolute atomic E-state index is 10.8. The predicted molar refractivity (Wildman–Crippen MR) is 86.1 cm³/mol. The van der Waals surface area contributed by atoms with Gasteiger partial charge in [-0.05, 0) is 29.7 Å². The lowest BCUT2D eigenvalue weighted by Crippen LogP contribution is -2.36. The number of aliphatic hydroxyl groups excluding tert-OH is 1. The first-order chi connectivity index (χ1) is 11.2. The third-order valence-corrected chi connectivity index (χ3v) is 4.85. The Hall–Kier alpha value is -2.24. The molecule has 0 aromatic heterocycles. The van der Waals surface area contributed by atoms with E-state index in [-0.39, 0.29) is 11.8 Å². The smallest absolute Gasteiger partial charge is 0.204 e. The van der Waals surface area contributed by atoms with E-state index in [0.717, 1.165) is 27.8 Å². The van der Waals surface area contributed by atoms with Gasteiger partial charge in [-0.25, -0.2) is 0 Å². The van der Waals surface area contributed by atoms with Gasteiger partial charge in [0, 0.05) is 11.1 Å². The molecule has 5 nitrogen and oxygen atoms in total. The van der Waals surface area contributed by atoms with Crippen LogP contribution in [0.1, 0.15) is 28.8 Å². The zero-order valence-electron chi connectivity index (χ0n) is 13.1. The standard InChI is InChI=1S/C18H19NO4/c1-22-17-13-9-5-3-4-6-10(9)15(20)14-12(13)11(7-8-19-14)16(21)18(17)23-2/h3-6,14-15,19-21H,7-8H2,1-2H3/t14-,15-/m0/s1. The number of rotatable bonds is 2. The highest BCUT2D eigenvalue weighted by molar-refractivity contribution is 5.86. The molecular formula is C18H19NO4. The normalized spacial score (nSPS) is 21.3. The van der Waals surface area contributed by atoms with Crippen molar-refractivity contribution in [3.63, 3.8) is 0 Å². The van der Waals surface area contributed by atoms with E-state index >= 15 is 0 Å². The summed E-state index contributed by atoms with van der Waals surface area (Å²) >= 11 is 0. The Morgan fingerprint density at radius 3 is 2.61 bits per heavy atom. The number of ether oxygens (including phenoxy) is 2. The highest BCUT2D eigenvalue weighted by atomic mass is 16.5. The predicted octanol–water partition coefficient (Wildman–Crippen LogP) is 2.31. The lowest BCUT2D eigenvalue weighted by Gasteiger charge is -2.39. The summed E-state index contributed by atoms with van der Waals surface area (Å²) in [5.41, 5.74) is 4.42. The van der Waals surface area contributed by atoms with E-state index in [1.807, 2.05) is 24.3 Å². The zero-order valence-corrected chi connectivity index (χ0v) is 13.1. The van der Waals surface area contributed by atoms with Crippen LogP contribution in [0, 0.1) is 0 Å². The molecular weight excluding hydrogens is 294 g/mol. The maximum Gasteiger partial charge on any atom is 0.204 e. The first kappa shape index (κ1) is 14.4. The summed E-state index contributed by atoms with van der Waals surface area (Å²) in [6, 6.07) is 7.50. The molecule has 0 saturated carbocycles. The van der Waals surface area contributed by atoms with Crippen LogP contribution < -0.4 is 14.8 Å². The van der Waals surface area contributed by atoms with E-state index in [1.165, 1.54) is 7.11 Å². The molecule has 2 atom stereocenters. The van der Waals surface area contributed by atoms with Gasteiger partial charge in [-0.3, -0.25) is 0 Å². The molecule has 0 radical (unpaired) electrons. The van der Waals surface area contributed by atoms with Gasteiger partial charge in [-0.2, -0.15) is 0 Å². The van der Waals surface area contributed by atoms with Crippen LogP contribution in [-0.2, 0) is 6.42 Å². The Morgan fingerprint density at radius 1 is 1.13 bits per heavy atom. The number of fused-ring (bicyclic) bond motifs is 2. The van der Waals surface area contributed by atoms with Crippen LogP contribution >= 0.6 is 0 Å². The van der Waals surface area contributed by atoms with Crippen LogP contribution in [0.25, 0.3) is 11.1 Å². The number of phenolic OH excluding ortho intramolecular Hbond substituents is 1. The van der Waals surface area contributed by atoms with E-state index in [2.05, 4.69) is 5.32 Å². The fourth-order valence-electron chi connectivity index (χ4n) is 3.89. The monoisotopic (exact) mass is 313 g/mol. The Balaban J connectivity index is 2.15. The van der Waals surface area contributed by atoms with Crippen molar-refractivity contribution in [1.82, 2.24) is 5.32 Å². The van der Waals surface area contributed by atoms with Gasteiger partial charge in [0.2, 0.25) is 5.75 Å². The second-order valence-corrected chi connectivity index (χ2v) is 5.90. The van der Waals surface area contributed by atoms with Crippen LogP contribution in [-0.4, -0.2) is 31.0 Å². The summed E-state index contributed by atoms with van der Waals surface area (Å²) < 4.78 is 11.0. The minimum atomic E-state index is -0.657. The van der Waals surface area contributed by atoms with Crippen molar-refractivity contribution in [2.45, 2.75) is 18.6 Å². The second-order valence-electron chi connectivity index (χ2n) is 5.90. The first-order valence-electron chi connectivity index (χ1n) is 7.69. The Bertz CT molecular complexity index is 787. The van der Waals surface area contributed by atoms with Gasteiger partial charge >= 0.3 is 0 Å². The van der Waals surface area contributed by atoms with E-state index in [9.17, 15) is 10.2 Å². The Morgan fingerprint density at radius 2 is 1.87 bits per heavy atom. The molecule has 2 aromatic carbocycles. The van der Waals surface area contributed by atoms with Gasteiger partial charge in [-0.15, -0.1) is 0 Å². The lowest BCUT2D eigenvalue weighted by atomic mass is 9.75. The van der Waals surface area contributed by atoms with Crippen molar-refractivity contribution < 1.29 is 19.7 Å². The van der Waals surface area contributed by atoms with E-state index < -0.39 is 6.10 Å². The number of aromatic hydroxyl groups is 1. The number of hydrogen-bond donors (Lipinski definition) is 3. The van der Waals surface area contributed by atoms with Crippen LogP contribution in [0.5, 0.6) is 17.2 Å². The molecule has 0 fully saturated rings. The molecule has 0 bridgehead atoms. The average Bonchev–Trinajstić information content (AvgIpc) is 2.60. The van der Waals surface area contributed by atoms with Gasteiger partial charge in [0.25, 0.3) is 0 Å². The number of benzene rings is 2. The van der Waals surface area contributed by atoms with Crippen LogP contribution in [0.4, 0.5) is 0 Å². The molecule has 2 aliphatic rings. The van der Waals surface area contributed by atoms with Crippen molar-refractivity contribution in [2.75, 3.05) is 20.8 Å². The molecule has 2 aromatic rings. The third-order valence-electron chi connectivity index (χ3n) is 4.85. The lowest BCUT2D eigenvalue weighted by molar-refractivity contribution is 0.123. The van der Waals surface area contributed by atoms with Crippen molar-refractivity contribution in [3.05, 3.63) is 41.0 Å². The van der Waals surface area contributed by atoms with Gasteiger partial charge in [-0.1, -0.05) is 24.3 Å². The van der Waals surface area contributed by atoms with E-state index in [4.69, 9.17) is 9.47 Å². The minimum Gasteiger partial charge on any atom is -0.504 e. The molecule has 0 unspecified atom stereocenters. The zero-order chi connectivity index (χ0) is 16.1. The highest BCUT2D eigenvalue weighted by Crippen LogP contribution is 2.57. The molecule has 0 amide bonds. The summed E-state index contributed by atoms with van der Waals surface area (Å²) in [6.07, 6.45) is 0.0233. The van der Waals surface area contributed by atoms with E-state index in [1.54, 1.807) is 7.11 Å². The first-order valence-corrected chi connectivity index (χ1v) is 7.69. The number of hydrogen-bond acceptors (Lipinski definition) is 5. The van der Waals surface area contributed by atoms with Gasteiger partial charge in [0.05, 0.1) is 26.4 Å². The molecule has 5 heteroatoms.